The average Bonchev–Trinajstić information content (AvgIpc) is 3.55. The van der Waals surface area contributed by atoms with Crippen LogP contribution in [0.2, 0.25) is 0 Å². The highest BCUT2D eigenvalue weighted by atomic mass is 16.5. The van der Waals surface area contributed by atoms with Crippen molar-refractivity contribution in [1.29, 1.82) is 0 Å². The average molecular weight is 554 g/mol. The Morgan fingerprint density at radius 1 is 1.27 bits per heavy atom. The van der Waals surface area contributed by atoms with Gasteiger partial charge in [-0.2, -0.15) is 9.97 Å². The summed E-state index contributed by atoms with van der Waals surface area (Å²) in [6, 6.07) is 4.59. The number of nitrogen functional groups attached to an aromatic ring is 1. The lowest BCUT2D eigenvalue weighted by Crippen LogP contribution is -2.43. The molecule has 3 heterocycles. The molecule has 1 amide bonds. The van der Waals surface area contributed by atoms with Crippen LogP contribution in [-0.4, -0.2) is 72.8 Å². The van der Waals surface area contributed by atoms with Gasteiger partial charge in [0.1, 0.15) is 17.3 Å². The third-order valence-corrected chi connectivity index (χ3v) is 6.05. The monoisotopic (exact) mass is 553 g/mol. The van der Waals surface area contributed by atoms with Crippen molar-refractivity contribution in [3.05, 3.63) is 58.0 Å². The van der Waals surface area contributed by atoms with Gasteiger partial charge in [-0.3, -0.25) is 9.36 Å². The molecule has 0 saturated heterocycles. The van der Waals surface area contributed by atoms with Gasteiger partial charge >= 0.3 is 17.7 Å². The Morgan fingerprint density at radius 3 is 2.80 bits per heavy atom. The number of carboxylic acid groups (broad SMARTS) is 1. The molecule has 212 valence electrons. The largest absolute Gasteiger partial charge is 0.496 e. The molecule has 0 aliphatic rings. The van der Waals surface area contributed by atoms with Crippen LogP contribution in [-0.2, 0) is 29.1 Å². The zero-order valence-corrected chi connectivity index (χ0v) is 22.1. The second-order valence-corrected chi connectivity index (χ2v) is 8.85. The van der Waals surface area contributed by atoms with Crippen LogP contribution in [0, 0.1) is 0 Å². The van der Waals surface area contributed by atoms with Crippen LogP contribution < -0.4 is 31.5 Å². The van der Waals surface area contributed by atoms with Crippen molar-refractivity contribution in [3.8, 4) is 11.8 Å². The van der Waals surface area contributed by atoms with E-state index in [2.05, 4.69) is 35.6 Å². The number of carbonyl (C=O) groups is 2. The van der Waals surface area contributed by atoms with Gasteiger partial charge in [0.2, 0.25) is 5.91 Å². The molecule has 4 aromatic rings. The van der Waals surface area contributed by atoms with Crippen molar-refractivity contribution in [2.45, 2.75) is 38.9 Å². The molecule has 1 atom stereocenters. The number of aliphatic carboxylic acids is 1. The highest BCUT2D eigenvalue weighted by molar-refractivity contribution is 5.84. The van der Waals surface area contributed by atoms with E-state index in [1.54, 1.807) is 6.92 Å². The molecule has 0 aliphatic heterocycles. The summed E-state index contributed by atoms with van der Waals surface area (Å²) in [5.74, 6) is -0.826. The number of carbonyl (C=O) groups excluding carboxylic acids is 1. The highest BCUT2D eigenvalue weighted by Gasteiger charge is 2.21. The molecule has 0 fully saturated rings. The van der Waals surface area contributed by atoms with E-state index >= 15 is 0 Å². The number of hydrogen-bond acceptors (Lipinski definition) is 10. The molecule has 15 nitrogen and oxygen atoms in total. The molecule has 0 spiro atoms. The summed E-state index contributed by atoms with van der Waals surface area (Å²) in [6.07, 6.45) is 3.18. The maximum absolute atomic E-state index is 12.7. The number of nitrogens with zero attached hydrogens (tertiary/aromatic N) is 4. The number of imidazole rings is 2. The third kappa shape index (κ3) is 6.74. The zero-order valence-electron chi connectivity index (χ0n) is 22.1. The number of rotatable bonds is 14. The van der Waals surface area contributed by atoms with Crippen molar-refractivity contribution in [3.63, 3.8) is 0 Å². The third-order valence-electron chi connectivity index (χ3n) is 6.05. The maximum Gasteiger partial charge on any atom is 0.328 e. The Labute approximate surface area is 228 Å². The smallest absolute Gasteiger partial charge is 0.328 e. The number of benzene rings is 1. The number of aromatic amines is 2. The first kappa shape index (κ1) is 28.1. The molecule has 1 aromatic carbocycles. The lowest BCUT2D eigenvalue weighted by molar-refractivity contribution is -0.141. The van der Waals surface area contributed by atoms with Crippen LogP contribution in [0.5, 0.6) is 11.8 Å². The number of nitrogens with two attached hydrogens (primary N) is 1. The van der Waals surface area contributed by atoms with Gasteiger partial charge < -0.3 is 40.9 Å². The number of carboxylic acids is 1. The van der Waals surface area contributed by atoms with Crippen LogP contribution in [0.1, 0.15) is 30.2 Å². The van der Waals surface area contributed by atoms with Gasteiger partial charge in [-0.15, -0.1) is 0 Å². The van der Waals surface area contributed by atoms with Gasteiger partial charge in [0.25, 0.3) is 0 Å². The Morgan fingerprint density at radius 2 is 2.10 bits per heavy atom. The van der Waals surface area contributed by atoms with Crippen LogP contribution in [0.25, 0.3) is 11.2 Å². The molecule has 0 unspecified atom stereocenters. The standard InChI is InChI=1S/C25H31N9O6/c1-3-40-24-32-21(26)20-22(33-24)34(25(38)31-20)12-15-5-4-14(8-18(15)39-2)10-27-7-6-19(35)30-17(23(36)37)9-16-11-28-13-29-16/h4-5,8,11,13,17,27H,3,6-7,9-10,12H2,1-2H3,(H,28,29)(H,30,35)(H,31,38)(H,36,37)(H2,26,32,33)/t17-/m0/s1. The Balaban J connectivity index is 1.35. The van der Waals surface area contributed by atoms with E-state index in [1.165, 1.54) is 24.2 Å². The Hall–Kier alpha value is -4.92. The van der Waals surface area contributed by atoms with E-state index in [9.17, 15) is 19.5 Å². The summed E-state index contributed by atoms with van der Waals surface area (Å²) in [5, 5.41) is 15.1. The predicted octanol–water partition coefficient (Wildman–Crippen LogP) is 0.172. The summed E-state index contributed by atoms with van der Waals surface area (Å²) >= 11 is 0. The minimum Gasteiger partial charge on any atom is -0.496 e. The minimum absolute atomic E-state index is 0.0821. The number of H-pyrrole nitrogens is 2. The van der Waals surface area contributed by atoms with E-state index in [1.807, 2.05) is 18.2 Å². The quantitative estimate of drug-likeness (QED) is 0.116. The fraction of sp³-hybridized carbons (Fsp3) is 0.360. The molecular formula is C25H31N9O6. The van der Waals surface area contributed by atoms with E-state index < -0.39 is 17.7 Å². The summed E-state index contributed by atoms with van der Waals surface area (Å²) < 4.78 is 12.4. The number of aromatic nitrogens is 6. The lowest BCUT2D eigenvalue weighted by Gasteiger charge is -2.14. The molecule has 0 saturated carbocycles. The van der Waals surface area contributed by atoms with Crippen LogP contribution in [0.3, 0.4) is 0 Å². The van der Waals surface area contributed by atoms with Gasteiger partial charge in [-0.1, -0.05) is 12.1 Å². The zero-order chi connectivity index (χ0) is 28.6. The summed E-state index contributed by atoms with van der Waals surface area (Å²) in [5.41, 5.74) is 8.47. The fourth-order valence-electron chi connectivity index (χ4n) is 4.09. The fourth-order valence-corrected chi connectivity index (χ4v) is 4.09. The molecule has 7 N–H and O–H groups in total. The molecule has 15 heteroatoms. The van der Waals surface area contributed by atoms with Crippen molar-refractivity contribution in [2.75, 3.05) is 26.0 Å². The summed E-state index contributed by atoms with van der Waals surface area (Å²) in [6.45, 7) is 3.09. The molecule has 4 rings (SSSR count). The molecular weight excluding hydrogens is 522 g/mol. The Kier molecular flexibility index (Phi) is 8.96. The number of ether oxygens (including phenoxy) is 2. The second-order valence-electron chi connectivity index (χ2n) is 8.85. The molecule has 3 aromatic heterocycles. The number of amides is 1. The first-order valence-corrected chi connectivity index (χ1v) is 12.5. The van der Waals surface area contributed by atoms with Crippen LogP contribution >= 0.6 is 0 Å². The molecule has 40 heavy (non-hydrogen) atoms. The first-order chi connectivity index (χ1) is 19.3. The van der Waals surface area contributed by atoms with Gasteiger partial charge in [0, 0.05) is 43.4 Å². The van der Waals surface area contributed by atoms with Crippen molar-refractivity contribution in [1.82, 2.24) is 40.1 Å². The van der Waals surface area contributed by atoms with E-state index in [-0.39, 0.29) is 37.1 Å². The second kappa shape index (κ2) is 12.8. The van der Waals surface area contributed by atoms with Gasteiger partial charge in [-0.25, -0.2) is 14.6 Å². The first-order valence-electron chi connectivity index (χ1n) is 12.5. The maximum atomic E-state index is 12.7. The van der Waals surface area contributed by atoms with Crippen molar-refractivity contribution < 1.29 is 24.2 Å². The number of fused-ring (bicyclic) bond motifs is 1. The molecule has 0 radical (unpaired) electrons. The molecule has 0 bridgehead atoms. The van der Waals surface area contributed by atoms with Crippen LogP contribution in [0.15, 0.2) is 35.5 Å². The van der Waals surface area contributed by atoms with Gasteiger partial charge in [0.15, 0.2) is 11.5 Å². The normalized spacial score (nSPS) is 11.8. The molecule has 0 aliphatic carbocycles. The van der Waals surface area contributed by atoms with Gasteiger partial charge in [0.05, 0.1) is 26.6 Å². The number of hydrogen-bond donors (Lipinski definition) is 6. The van der Waals surface area contributed by atoms with E-state index in [0.717, 1.165) is 11.1 Å². The summed E-state index contributed by atoms with van der Waals surface area (Å²) in [7, 11) is 1.54. The van der Waals surface area contributed by atoms with Gasteiger partial charge in [-0.05, 0) is 18.6 Å². The Bertz CT molecular complexity index is 1530. The van der Waals surface area contributed by atoms with Crippen molar-refractivity contribution >= 4 is 28.9 Å². The SMILES string of the molecule is CCOc1nc(N)c2[nH]c(=O)n(Cc3ccc(CNCCC(=O)N[C@@H](Cc4cnc[nH]4)C(=O)O)cc3OC)c2n1. The minimum atomic E-state index is -1.12. The van der Waals surface area contributed by atoms with E-state index in [4.69, 9.17) is 15.2 Å². The number of nitrogens with one attached hydrogen (secondary N) is 4. The topological polar surface area (TPSA) is 215 Å². The number of methoxy groups -OCH3 is 1. The highest BCUT2D eigenvalue weighted by Crippen LogP contribution is 2.24. The van der Waals surface area contributed by atoms with Crippen molar-refractivity contribution in [2.24, 2.45) is 0 Å². The van der Waals surface area contributed by atoms with E-state index in [0.29, 0.717) is 42.3 Å². The summed E-state index contributed by atoms with van der Waals surface area (Å²) in [4.78, 5) is 54.2. The predicted molar refractivity (Wildman–Crippen MR) is 144 cm³/mol. The van der Waals surface area contributed by atoms with Crippen LogP contribution in [0.4, 0.5) is 5.82 Å². The number of anilines is 1. The lowest BCUT2D eigenvalue weighted by atomic mass is 10.1.